The molecule has 0 amide bonds. The molecule has 1 aromatic heterocycles. The summed E-state index contributed by atoms with van der Waals surface area (Å²) >= 11 is 0. The van der Waals surface area contributed by atoms with E-state index in [4.69, 9.17) is 33.2 Å². The van der Waals surface area contributed by atoms with Gasteiger partial charge in [0, 0.05) is 69.5 Å². The summed E-state index contributed by atoms with van der Waals surface area (Å²) in [6, 6.07) is 6.48. The standard InChI is InChI=1S/C52H84N4O15/c1-14-40-52(11,64)44(59)33(7)42(57)29(3)26-50(9,63)46(31(5)41(32(6)47(61)70-40)39-27-51(10,65-13)45(60)34(8)69-39)71-49-43(58)37(25-30(4)68-49)55(12)23-21-35-28-56(54-53-35)22-18-24-67-38-20-17-16-19-36(38)48(62)66-15-2/h16-17,19-20,28-34,37,39-41,43-46,49,58-60,63-64H,14-15,18,21-27H2,1-13H3/t29-,30-,31+,32-,33+,34+,37+,39?,40-,41+,43-,44-,45+,46-,49+,50-,51-,52-/m1/s1. The molecule has 3 aliphatic rings. The van der Waals surface area contributed by atoms with E-state index in [-0.39, 0.29) is 25.9 Å². The number of cyclic esters (lactones) is 1. The molecule has 71 heavy (non-hydrogen) atoms. The molecule has 2 aromatic rings. The number of likely N-dealkylation sites (N-methyl/N-ethyl adjacent to an activating group) is 1. The Balaban J connectivity index is 1.38. The maximum absolute atomic E-state index is 14.5. The average molecular weight is 1010 g/mol. The maximum Gasteiger partial charge on any atom is 0.341 e. The highest BCUT2D eigenvalue weighted by Crippen LogP contribution is 2.45. The van der Waals surface area contributed by atoms with Gasteiger partial charge >= 0.3 is 11.9 Å². The number of methoxy groups -OCH3 is 1. The van der Waals surface area contributed by atoms with Crippen LogP contribution >= 0.6 is 0 Å². The highest BCUT2D eigenvalue weighted by molar-refractivity contribution is 5.92. The van der Waals surface area contributed by atoms with Crippen LogP contribution in [0.2, 0.25) is 0 Å². The number of carbonyl (C=O) groups excluding carboxylic acids is 3. The number of nitrogens with zero attached hydrogens (tertiary/aromatic N) is 4. The van der Waals surface area contributed by atoms with E-state index in [1.165, 1.54) is 21.0 Å². The van der Waals surface area contributed by atoms with Crippen LogP contribution in [0.15, 0.2) is 30.5 Å². The SMILES string of the molecule is CCOC(=O)c1ccccc1OCCCn1cc(CCN(C)[C@H]2C[C@@H](C)O[C@@H](O[C@@H]3[C@@H](C)[C@H](C4C[C@@](C)(OC)[C@@H](O)[C@H](C)O4)[C@@H](C)C(=O)O[C@H](CC)[C@@](C)(O)[C@H](O)[C@@H](C)C(=O)[C@H](C)C[C@@]3(C)O)[C@@H]2O)nn1. The summed E-state index contributed by atoms with van der Waals surface area (Å²) < 4.78 is 44.6. The number of aliphatic hydroxyl groups excluding tert-OH is 3. The van der Waals surface area contributed by atoms with E-state index in [1.807, 2.05) is 32.0 Å². The second kappa shape index (κ2) is 24.6. The van der Waals surface area contributed by atoms with Gasteiger partial charge < -0.3 is 63.6 Å². The lowest BCUT2D eigenvalue weighted by molar-refractivity contribution is -0.302. The molecule has 0 spiro atoms. The number of aryl methyl sites for hydroxylation is 1. The van der Waals surface area contributed by atoms with Crippen LogP contribution in [-0.4, -0.2) is 175 Å². The van der Waals surface area contributed by atoms with Crippen LogP contribution in [0.5, 0.6) is 5.75 Å². The molecular weight excluding hydrogens is 921 g/mol. The van der Waals surface area contributed by atoms with Gasteiger partial charge in [0.15, 0.2) is 6.29 Å². The molecule has 19 heteroatoms. The van der Waals surface area contributed by atoms with Crippen molar-refractivity contribution >= 4 is 17.7 Å². The van der Waals surface area contributed by atoms with Crippen LogP contribution in [-0.2, 0) is 51.0 Å². The minimum Gasteiger partial charge on any atom is -0.493 e. The fourth-order valence-electron chi connectivity index (χ4n) is 11.3. The van der Waals surface area contributed by atoms with E-state index in [9.17, 15) is 39.9 Å². The number of Topliss-reactive ketones (excluding diaryl/α,β-unsaturated/α-hetero) is 1. The Morgan fingerprint density at radius 3 is 2.31 bits per heavy atom. The summed E-state index contributed by atoms with van der Waals surface area (Å²) in [5.74, 6) is -5.66. The zero-order valence-electron chi connectivity index (χ0n) is 44.2. The van der Waals surface area contributed by atoms with Crippen molar-refractivity contribution in [1.82, 2.24) is 19.9 Å². The molecule has 1 unspecified atom stereocenters. The molecule has 4 heterocycles. The first-order valence-electron chi connectivity index (χ1n) is 25.5. The lowest BCUT2D eigenvalue weighted by atomic mass is 9.67. The van der Waals surface area contributed by atoms with Gasteiger partial charge in [0.05, 0.1) is 66.5 Å². The number of ketones is 1. The number of para-hydroxylation sites is 1. The summed E-state index contributed by atoms with van der Waals surface area (Å²) in [7, 11) is 3.40. The minimum absolute atomic E-state index is 0.128. The topological polar surface area (TPSA) is 251 Å². The summed E-state index contributed by atoms with van der Waals surface area (Å²) in [5, 5.41) is 68.2. The maximum atomic E-state index is 14.5. The molecule has 0 radical (unpaired) electrons. The lowest BCUT2D eigenvalue weighted by Crippen LogP contribution is -2.62. The van der Waals surface area contributed by atoms with Crippen molar-refractivity contribution in [3.05, 3.63) is 41.7 Å². The van der Waals surface area contributed by atoms with E-state index >= 15 is 0 Å². The van der Waals surface area contributed by atoms with E-state index in [2.05, 4.69) is 10.3 Å². The Labute approximate surface area is 419 Å². The second-order valence-corrected chi connectivity index (χ2v) is 21.2. The Morgan fingerprint density at radius 1 is 0.958 bits per heavy atom. The van der Waals surface area contributed by atoms with Gasteiger partial charge in [-0.25, -0.2) is 4.79 Å². The number of benzene rings is 1. The van der Waals surface area contributed by atoms with Crippen LogP contribution in [0.1, 0.15) is 124 Å². The van der Waals surface area contributed by atoms with Gasteiger partial charge in [0.2, 0.25) is 0 Å². The van der Waals surface area contributed by atoms with E-state index in [1.54, 1.807) is 77.4 Å². The molecule has 0 saturated carbocycles. The minimum atomic E-state index is -2.01. The first kappa shape index (κ1) is 58.3. The highest BCUT2D eigenvalue weighted by atomic mass is 16.7. The average Bonchev–Trinajstić information content (AvgIpc) is 3.79. The fourth-order valence-corrected chi connectivity index (χ4v) is 11.3. The molecule has 5 rings (SSSR count). The van der Waals surface area contributed by atoms with Gasteiger partial charge in [-0.3, -0.25) is 14.3 Å². The largest absolute Gasteiger partial charge is 0.493 e. The van der Waals surface area contributed by atoms with Gasteiger partial charge in [-0.05, 0) is 85.9 Å². The number of hydrogen-bond acceptors (Lipinski definition) is 18. The third-order valence-electron chi connectivity index (χ3n) is 15.6. The number of aromatic nitrogens is 3. The number of hydrogen-bond donors (Lipinski definition) is 5. The molecule has 0 bridgehead atoms. The predicted molar refractivity (Wildman–Crippen MR) is 260 cm³/mol. The third kappa shape index (κ3) is 13.6. The van der Waals surface area contributed by atoms with Crippen molar-refractivity contribution < 1.29 is 73.1 Å². The van der Waals surface area contributed by atoms with Crippen LogP contribution in [0.4, 0.5) is 0 Å². The quantitative estimate of drug-likeness (QED) is 0.118. The van der Waals surface area contributed by atoms with Crippen molar-refractivity contribution in [2.75, 3.05) is 33.9 Å². The van der Waals surface area contributed by atoms with Gasteiger partial charge in [0.1, 0.15) is 41.0 Å². The molecule has 1 aromatic carbocycles. The molecule has 18 atom stereocenters. The van der Waals surface area contributed by atoms with Crippen molar-refractivity contribution in [3.63, 3.8) is 0 Å². The molecule has 19 nitrogen and oxygen atoms in total. The van der Waals surface area contributed by atoms with Gasteiger partial charge in [0.25, 0.3) is 0 Å². The molecule has 402 valence electrons. The zero-order valence-corrected chi connectivity index (χ0v) is 44.2. The highest BCUT2D eigenvalue weighted by Gasteiger charge is 2.55. The van der Waals surface area contributed by atoms with E-state index in [0.29, 0.717) is 50.3 Å². The van der Waals surface area contributed by atoms with Crippen LogP contribution in [0.25, 0.3) is 0 Å². The number of carbonyl (C=O) groups is 3. The lowest BCUT2D eigenvalue weighted by Gasteiger charge is -2.51. The number of esters is 2. The summed E-state index contributed by atoms with van der Waals surface area (Å²) in [6.45, 7) is 20.0. The smallest absolute Gasteiger partial charge is 0.341 e. The summed E-state index contributed by atoms with van der Waals surface area (Å²) in [4.78, 5) is 43.0. The summed E-state index contributed by atoms with van der Waals surface area (Å²) in [6.07, 6.45) is -5.93. The number of ether oxygens (including phenoxy) is 7. The van der Waals surface area contributed by atoms with Gasteiger partial charge in [-0.15, -0.1) is 5.10 Å². The van der Waals surface area contributed by atoms with Crippen molar-refractivity contribution in [1.29, 1.82) is 0 Å². The molecule has 3 aliphatic heterocycles. The van der Waals surface area contributed by atoms with E-state index < -0.39 is 125 Å². The normalized spacial score (nSPS) is 38.9. The predicted octanol–water partition coefficient (Wildman–Crippen LogP) is 3.91. The Morgan fingerprint density at radius 2 is 1.65 bits per heavy atom. The second-order valence-electron chi connectivity index (χ2n) is 21.2. The zero-order chi connectivity index (χ0) is 52.7. The third-order valence-corrected chi connectivity index (χ3v) is 15.6. The first-order chi connectivity index (χ1) is 33.3. The van der Waals surface area contributed by atoms with Crippen molar-refractivity contribution in [2.24, 2.45) is 29.6 Å². The first-order valence-corrected chi connectivity index (χ1v) is 25.5. The molecule has 3 saturated heterocycles. The number of rotatable bonds is 16. The molecular formula is C52H84N4O15. The van der Waals surface area contributed by atoms with Gasteiger partial charge in [-0.2, -0.15) is 0 Å². The van der Waals surface area contributed by atoms with E-state index in [0.717, 1.165) is 5.69 Å². The molecule has 5 N–H and O–H groups in total. The molecule has 0 aliphatic carbocycles. The van der Waals surface area contributed by atoms with Crippen LogP contribution in [0.3, 0.4) is 0 Å². The van der Waals surface area contributed by atoms with Crippen LogP contribution in [0, 0.1) is 29.6 Å². The summed E-state index contributed by atoms with van der Waals surface area (Å²) in [5.41, 5.74) is -3.83. The molecule has 3 fully saturated rings. The van der Waals surface area contributed by atoms with Crippen molar-refractivity contribution in [2.45, 2.75) is 199 Å². The van der Waals surface area contributed by atoms with Gasteiger partial charge in [-0.1, -0.05) is 52.0 Å². The van der Waals surface area contributed by atoms with Crippen molar-refractivity contribution in [3.8, 4) is 5.75 Å². The fraction of sp³-hybridized carbons (Fsp3) is 0.788. The number of aliphatic hydroxyl groups is 5. The Bertz CT molecular complexity index is 2050. The van der Waals surface area contributed by atoms with Crippen LogP contribution < -0.4 is 4.74 Å². The Kier molecular flexibility index (Phi) is 20.2. The monoisotopic (exact) mass is 1000 g/mol. The Hall–Kier alpha value is -3.63.